The van der Waals surface area contributed by atoms with E-state index in [1.54, 1.807) is 26.0 Å². The molecular formula is C26H35F3N2O. The van der Waals surface area contributed by atoms with Crippen LogP contribution in [0.25, 0.3) is 10.8 Å². The predicted octanol–water partition coefficient (Wildman–Crippen LogP) is 7.25. The molecule has 2 aromatic carbocycles. The van der Waals surface area contributed by atoms with Crippen molar-refractivity contribution in [3.63, 3.8) is 0 Å². The van der Waals surface area contributed by atoms with Crippen LogP contribution in [-0.4, -0.2) is 22.6 Å². The number of alkyl halides is 3. The van der Waals surface area contributed by atoms with E-state index in [0.717, 1.165) is 41.6 Å². The number of aryl methyl sites for hydroxylation is 1. The molecular weight excluding hydrogens is 413 g/mol. The number of fused-ring (bicyclic) bond motifs is 1. The van der Waals surface area contributed by atoms with Crippen LogP contribution in [0.5, 0.6) is 0 Å². The lowest BCUT2D eigenvalue weighted by Crippen LogP contribution is -2.51. The molecule has 1 atom stereocenters. The molecule has 0 aliphatic carbocycles. The second-order valence-corrected chi connectivity index (χ2v) is 9.57. The van der Waals surface area contributed by atoms with Gasteiger partial charge in [-0.1, -0.05) is 81.8 Å². The fraction of sp³-hybridized carbons (Fsp3) is 0.577. The van der Waals surface area contributed by atoms with E-state index in [1.165, 1.54) is 25.7 Å². The molecule has 6 heteroatoms. The summed E-state index contributed by atoms with van der Waals surface area (Å²) in [7, 11) is 0. The average molecular weight is 449 g/mol. The predicted molar refractivity (Wildman–Crippen MR) is 123 cm³/mol. The summed E-state index contributed by atoms with van der Waals surface area (Å²) in [5, 5.41) is 2.58. The Morgan fingerprint density at radius 2 is 1.62 bits per heavy atom. The lowest BCUT2D eigenvalue weighted by Gasteiger charge is -2.38. The first kappa shape index (κ1) is 24.6. The van der Waals surface area contributed by atoms with Gasteiger partial charge >= 0.3 is 6.18 Å². The third-order valence-electron chi connectivity index (χ3n) is 6.43. The van der Waals surface area contributed by atoms with Gasteiger partial charge in [0.15, 0.2) is 6.04 Å². The summed E-state index contributed by atoms with van der Waals surface area (Å²) >= 11 is 0. The minimum atomic E-state index is -4.53. The summed E-state index contributed by atoms with van der Waals surface area (Å²) in [5.41, 5.74) is 2.71. The van der Waals surface area contributed by atoms with Gasteiger partial charge in [0.1, 0.15) is 0 Å². The lowest BCUT2D eigenvalue weighted by atomic mass is 9.90. The molecule has 1 heterocycles. The van der Waals surface area contributed by atoms with E-state index in [1.807, 2.05) is 24.3 Å². The molecule has 3 nitrogen and oxygen atoms in total. The highest BCUT2D eigenvalue weighted by Gasteiger charge is 2.53. The number of nitrogens with one attached hydrogen (secondary N) is 1. The van der Waals surface area contributed by atoms with E-state index in [2.05, 4.69) is 12.3 Å². The third-order valence-corrected chi connectivity index (χ3v) is 6.43. The summed E-state index contributed by atoms with van der Waals surface area (Å²) in [6.07, 6.45) is 4.41. The molecule has 32 heavy (non-hydrogen) atoms. The quantitative estimate of drug-likeness (QED) is 0.388. The number of halogens is 3. The van der Waals surface area contributed by atoms with Gasteiger partial charge in [0.2, 0.25) is 5.91 Å². The highest BCUT2D eigenvalue weighted by atomic mass is 19.4. The smallest absolute Gasteiger partial charge is 0.287 e. The van der Waals surface area contributed by atoms with Crippen molar-refractivity contribution in [2.75, 3.05) is 0 Å². The Morgan fingerprint density at radius 3 is 2.22 bits per heavy atom. The van der Waals surface area contributed by atoms with Gasteiger partial charge in [-0.25, -0.2) is 0 Å². The first-order valence-electron chi connectivity index (χ1n) is 11.8. The van der Waals surface area contributed by atoms with Crippen LogP contribution in [0.3, 0.4) is 0 Å². The van der Waals surface area contributed by atoms with Crippen LogP contribution in [0.1, 0.15) is 89.3 Å². The van der Waals surface area contributed by atoms with E-state index in [-0.39, 0.29) is 17.9 Å². The number of hydrogen-bond acceptors (Lipinski definition) is 2. The molecule has 0 saturated carbocycles. The van der Waals surface area contributed by atoms with E-state index < -0.39 is 17.8 Å². The number of rotatable bonds is 10. The Morgan fingerprint density at radius 1 is 1.00 bits per heavy atom. The minimum absolute atomic E-state index is 0.0369. The summed E-state index contributed by atoms with van der Waals surface area (Å²) in [6, 6.07) is 8.95. The molecule has 1 saturated heterocycles. The largest absolute Gasteiger partial charge is 0.409 e. The van der Waals surface area contributed by atoms with Crippen LogP contribution in [0.2, 0.25) is 0 Å². The van der Waals surface area contributed by atoms with E-state index >= 15 is 0 Å². The van der Waals surface area contributed by atoms with Crippen LogP contribution >= 0.6 is 0 Å². The van der Waals surface area contributed by atoms with Gasteiger partial charge in [-0.3, -0.25) is 10.2 Å². The third kappa shape index (κ3) is 5.64. The normalized spacial score (nSPS) is 17.6. The van der Waals surface area contributed by atoms with Crippen molar-refractivity contribution in [2.24, 2.45) is 0 Å². The Kier molecular flexibility index (Phi) is 7.86. The minimum Gasteiger partial charge on any atom is -0.287 e. The van der Waals surface area contributed by atoms with Crippen LogP contribution in [0.4, 0.5) is 13.2 Å². The number of nitrogens with zero attached hydrogens (tertiary/aromatic N) is 1. The first-order valence-corrected chi connectivity index (χ1v) is 11.8. The first-order chi connectivity index (χ1) is 15.1. The Balaban J connectivity index is 1.92. The zero-order valence-electron chi connectivity index (χ0n) is 19.4. The molecule has 0 aromatic heterocycles. The number of carbonyl (C=O) groups excluding carboxylic acids is 1. The average Bonchev–Trinajstić information content (AvgIpc) is 2.98. The van der Waals surface area contributed by atoms with Gasteiger partial charge in [-0.05, 0) is 48.6 Å². The molecule has 1 amide bonds. The monoisotopic (exact) mass is 448 g/mol. The maximum atomic E-state index is 14.4. The fourth-order valence-electron chi connectivity index (χ4n) is 4.84. The van der Waals surface area contributed by atoms with Gasteiger partial charge in [-0.15, -0.1) is 0 Å². The van der Waals surface area contributed by atoms with Crippen molar-refractivity contribution in [3.8, 4) is 0 Å². The lowest BCUT2D eigenvalue weighted by molar-refractivity contribution is -0.203. The van der Waals surface area contributed by atoms with Crippen molar-refractivity contribution >= 4 is 16.7 Å². The van der Waals surface area contributed by atoms with Gasteiger partial charge in [0.05, 0.1) is 0 Å². The van der Waals surface area contributed by atoms with Gasteiger partial charge in [-0.2, -0.15) is 18.2 Å². The Bertz CT molecular complexity index is 918. The highest BCUT2D eigenvalue weighted by molar-refractivity contribution is 5.89. The molecule has 0 bridgehead atoms. The number of unbranched alkanes of at least 4 members (excludes halogenated alkanes) is 6. The highest BCUT2D eigenvalue weighted by Crippen LogP contribution is 2.45. The SMILES string of the molecule is CCCCCCCCCc1cccc2cccc([C@H](N3NC(=O)CC3(C)C)C(F)(F)F)c12. The zero-order valence-corrected chi connectivity index (χ0v) is 19.4. The van der Waals surface area contributed by atoms with Crippen molar-refractivity contribution in [1.29, 1.82) is 0 Å². The fourth-order valence-corrected chi connectivity index (χ4v) is 4.84. The van der Waals surface area contributed by atoms with Gasteiger partial charge < -0.3 is 0 Å². The summed E-state index contributed by atoms with van der Waals surface area (Å²) < 4.78 is 43.3. The topological polar surface area (TPSA) is 32.3 Å². The van der Waals surface area contributed by atoms with Crippen molar-refractivity contribution in [1.82, 2.24) is 10.4 Å². The molecule has 3 rings (SSSR count). The standard InChI is InChI=1S/C26H35F3N2O/c1-4-5-6-7-8-9-10-13-19-14-11-15-20-16-12-17-21(23(19)20)24(26(27,28)29)31-25(2,3)18-22(32)30-31/h11-12,14-17,24H,4-10,13,18H2,1-3H3,(H,30,32)/t24-/m0/s1. The molecule has 1 aliphatic rings. The van der Waals surface area contributed by atoms with E-state index in [0.29, 0.717) is 5.39 Å². The molecule has 176 valence electrons. The van der Waals surface area contributed by atoms with E-state index in [4.69, 9.17) is 0 Å². The number of benzene rings is 2. The number of hydrogen-bond donors (Lipinski definition) is 1. The Hall–Kier alpha value is -2.08. The maximum Gasteiger partial charge on any atom is 0.409 e. The van der Waals surface area contributed by atoms with Crippen LogP contribution in [0.15, 0.2) is 36.4 Å². The van der Waals surface area contributed by atoms with Crippen molar-refractivity contribution in [2.45, 2.75) is 96.3 Å². The Labute approximate surface area is 189 Å². The summed E-state index contributed by atoms with van der Waals surface area (Å²) in [5.74, 6) is -0.382. The molecule has 1 aliphatic heterocycles. The number of hydrazine groups is 1. The molecule has 1 fully saturated rings. The van der Waals surface area contributed by atoms with Crippen LogP contribution in [0, 0.1) is 0 Å². The van der Waals surface area contributed by atoms with Crippen molar-refractivity contribution in [3.05, 3.63) is 47.5 Å². The van der Waals surface area contributed by atoms with Gasteiger partial charge in [0, 0.05) is 12.0 Å². The molecule has 1 N–H and O–H groups in total. The van der Waals surface area contributed by atoms with Crippen LogP contribution in [-0.2, 0) is 11.2 Å². The van der Waals surface area contributed by atoms with Gasteiger partial charge in [0.25, 0.3) is 0 Å². The van der Waals surface area contributed by atoms with E-state index in [9.17, 15) is 18.0 Å². The summed E-state index contributed by atoms with van der Waals surface area (Å²) in [6.45, 7) is 5.55. The summed E-state index contributed by atoms with van der Waals surface area (Å²) in [4.78, 5) is 12.0. The zero-order chi connectivity index (χ0) is 23.4. The second-order valence-electron chi connectivity index (χ2n) is 9.57. The number of amides is 1. The molecule has 2 aromatic rings. The maximum absolute atomic E-state index is 14.4. The van der Waals surface area contributed by atoms with Crippen LogP contribution < -0.4 is 5.43 Å². The molecule has 0 spiro atoms. The van der Waals surface area contributed by atoms with Crippen molar-refractivity contribution < 1.29 is 18.0 Å². The molecule has 0 radical (unpaired) electrons. The second kappa shape index (κ2) is 10.2. The number of carbonyl (C=O) groups is 1. The molecule has 0 unspecified atom stereocenters.